The van der Waals surface area contributed by atoms with Crippen molar-refractivity contribution in [2.24, 2.45) is 5.73 Å². The fourth-order valence-electron chi connectivity index (χ4n) is 3.12. The highest BCUT2D eigenvalue weighted by molar-refractivity contribution is 5.95. The van der Waals surface area contributed by atoms with Crippen LogP contribution in [0.1, 0.15) is 41.3 Å². The molecule has 1 saturated heterocycles. The van der Waals surface area contributed by atoms with E-state index in [1.807, 2.05) is 17.9 Å². The van der Waals surface area contributed by atoms with Gasteiger partial charge in [-0.1, -0.05) is 6.07 Å². The molecule has 3 nitrogen and oxygen atoms in total. The summed E-state index contributed by atoms with van der Waals surface area (Å²) in [4.78, 5) is 14.4. The maximum absolute atomic E-state index is 12.5. The van der Waals surface area contributed by atoms with Gasteiger partial charge in [0, 0.05) is 24.2 Å². The number of nitrogens with zero attached hydrogens (tertiary/aromatic N) is 1. The lowest BCUT2D eigenvalue weighted by Gasteiger charge is -2.23. The molecule has 96 valence electrons. The smallest absolute Gasteiger partial charge is 0.254 e. The van der Waals surface area contributed by atoms with Crippen LogP contribution < -0.4 is 5.73 Å². The number of hydrogen-bond acceptors (Lipinski definition) is 2. The number of amides is 1. The first-order valence-electron chi connectivity index (χ1n) is 6.85. The van der Waals surface area contributed by atoms with E-state index in [0.29, 0.717) is 0 Å². The Balaban J connectivity index is 1.84. The van der Waals surface area contributed by atoms with Crippen LogP contribution in [0.25, 0.3) is 0 Å². The zero-order valence-corrected chi connectivity index (χ0v) is 10.9. The molecule has 0 spiro atoms. The minimum absolute atomic E-state index is 0.128. The van der Waals surface area contributed by atoms with Crippen LogP contribution in [0, 0.1) is 0 Å². The van der Waals surface area contributed by atoms with Crippen molar-refractivity contribution in [1.82, 2.24) is 4.90 Å². The van der Waals surface area contributed by atoms with Gasteiger partial charge >= 0.3 is 0 Å². The molecule has 2 aliphatic rings. The number of aryl methyl sites for hydroxylation is 2. The standard InChI is InChI=1S/C15H20N2O/c1-10-14(16)7-8-17(10)15(18)13-6-5-11-3-2-4-12(11)9-13/h5-6,9-10,14H,2-4,7-8,16H2,1H3. The van der Waals surface area contributed by atoms with E-state index in [1.165, 1.54) is 17.5 Å². The third kappa shape index (κ3) is 1.83. The highest BCUT2D eigenvalue weighted by Crippen LogP contribution is 2.25. The van der Waals surface area contributed by atoms with Gasteiger partial charge in [0.1, 0.15) is 0 Å². The van der Waals surface area contributed by atoms with Crippen molar-refractivity contribution >= 4 is 5.91 Å². The predicted molar refractivity (Wildman–Crippen MR) is 71.6 cm³/mol. The topological polar surface area (TPSA) is 46.3 Å². The monoisotopic (exact) mass is 244 g/mol. The van der Waals surface area contributed by atoms with E-state index in [0.717, 1.165) is 31.4 Å². The second-order valence-electron chi connectivity index (χ2n) is 5.53. The molecule has 0 saturated carbocycles. The maximum atomic E-state index is 12.5. The molecule has 2 unspecified atom stereocenters. The van der Waals surface area contributed by atoms with Crippen LogP contribution in [0.3, 0.4) is 0 Å². The van der Waals surface area contributed by atoms with Crippen molar-refractivity contribution in [3.05, 3.63) is 34.9 Å². The number of carbonyl (C=O) groups is 1. The number of likely N-dealkylation sites (tertiary alicyclic amines) is 1. The summed E-state index contributed by atoms with van der Waals surface area (Å²) >= 11 is 0. The average Bonchev–Trinajstić information content (AvgIpc) is 2.96. The molecule has 1 fully saturated rings. The molecule has 1 aliphatic heterocycles. The number of carbonyl (C=O) groups excluding carboxylic acids is 1. The zero-order valence-electron chi connectivity index (χ0n) is 10.9. The summed E-state index contributed by atoms with van der Waals surface area (Å²) < 4.78 is 0. The summed E-state index contributed by atoms with van der Waals surface area (Å²) in [6, 6.07) is 6.47. The quantitative estimate of drug-likeness (QED) is 0.818. The van der Waals surface area contributed by atoms with Crippen molar-refractivity contribution in [2.75, 3.05) is 6.54 Å². The molecule has 1 aliphatic carbocycles. The Morgan fingerprint density at radius 3 is 2.83 bits per heavy atom. The van der Waals surface area contributed by atoms with E-state index >= 15 is 0 Å². The number of benzene rings is 1. The summed E-state index contributed by atoms with van der Waals surface area (Å²) in [5.41, 5.74) is 9.58. The molecule has 3 heteroatoms. The second-order valence-corrected chi connectivity index (χ2v) is 5.53. The lowest BCUT2D eigenvalue weighted by Crippen LogP contribution is -2.40. The fourth-order valence-corrected chi connectivity index (χ4v) is 3.12. The molecule has 1 aromatic rings. The first-order chi connectivity index (χ1) is 8.66. The lowest BCUT2D eigenvalue weighted by molar-refractivity contribution is 0.0742. The zero-order chi connectivity index (χ0) is 12.7. The van der Waals surface area contributed by atoms with E-state index in [2.05, 4.69) is 12.1 Å². The van der Waals surface area contributed by atoms with Crippen LogP contribution in [0.2, 0.25) is 0 Å². The van der Waals surface area contributed by atoms with Gasteiger partial charge in [-0.2, -0.15) is 0 Å². The Bertz CT molecular complexity index is 483. The largest absolute Gasteiger partial charge is 0.334 e. The molecule has 1 aromatic carbocycles. The molecular formula is C15H20N2O. The first-order valence-corrected chi connectivity index (χ1v) is 6.85. The summed E-state index contributed by atoms with van der Waals surface area (Å²) in [6.45, 7) is 2.83. The molecule has 18 heavy (non-hydrogen) atoms. The van der Waals surface area contributed by atoms with E-state index in [4.69, 9.17) is 5.73 Å². The highest BCUT2D eigenvalue weighted by Gasteiger charge is 2.32. The number of rotatable bonds is 1. The molecule has 0 radical (unpaired) electrons. The van der Waals surface area contributed by atoms with E-state index in [1.54, 1.807) is 0 Å². The molecule has 1 amide bonds. The molecular weight excluding hydrogens is 224 g/mol. The van der Waals surface area contributed by atoms with Crippen LogP contribution in [0.15, 0.2) is 18.2 Å². The van der Waals surface area contributed by atoms with Crippen LogP contribution in [-0.2, 0) is 12.8 Å². The third-order valence-corrected chi connectivity index (χ3v) is 4.42. The molecule has 2 atom stereocenters. The van der Waals surface area contributed by atoms with Gasteiger partial charge in [-0.05, 0) is 55.9 Å². The third-order valence-electron chi connectivity index (χ3n) is 4.42. The van der Waals surface area contributed by atoms with Crippen LogP contribution in [0.5, 0.6) is 0 Å². The van der Waals surface area contributed by atoms with Crippen LogP contribution in [-0.4, -0.2) is 29.4 Å². The first kappa shape index (κ1) is 11.7. The Labute approximate surface area is 108 Å². The Morgan fingerprint density at radius 1 is 1.33 bits per heavy atom. The summed E-state index contributed by atoms with van der Waals surface area (Å²) in [5, 5.41) is 0. The Hall–Kier alpha value is -1.35. The van der Waals surface area contributed by atoms with Crippen molar-refractivity contribution in [3.8, 4) is 0 Å². The van der Waals surface area contributed by atoms with Gasteiger partial charge in [0.25, 0.3) is 5.91 Å². The van der Waals surface area contributed by atoms with Crippen molar-refractivity contribution in [1.29, 1.82) is 0 Å². The summed E-state index contributed by atoms with van der Waals surface area (Å²) in [5.74, 6) is 0.144. The number of fused-ring (bicyclic) bond motifs is 1. The summed E-state index contributed by atoms with van der Waals surface area (Å²) in [7, 11) is 0. The fraction of sp³-hybridized carbons (Fsp3) is 0.533. The predicted octanol–water partition coefficient (Wildman–Crippen LogP) is 1.74. The Morgan fingerprint density at radius 2 is 2.11 bits per heavy atom. The molecule has 3 rings (SSSR count). The normalized spacial score (nSPS) is 26.4. The van der Waals surface area contributed by atoms with Gasteiger partial charge in [0.15, 0.2) is 0 Å². The van der Waals surface area contributed by atoms with Gasteiger partial charge < -0.3 is 10.6 Å². The van der Waals surface area contributed by atoms with Crippen molar-refractivity contribution < 1.29 is 4.79 Å². The van der Waals surface area contributed by atoms with E-state index in [-0.39, 0.29) is 18.0 Å². The maximum Gasteiger partial charge on any atom is 0.254 e. The Kier molecular flexibility index (Phi) is 2.86. The van der Waals surface area contributed by atoms with Gasteiger partial charge in [-0.15, -0.1) is 0 Å². The van der Waals surface area contributed by atoms with Crippen molar-refractivity contribution in [2.45, 2.75) is 44.7 Å². The van der Waals surface area contributed by atoms with Crippen molar-refractivity contribution in [3.63, 3.8) is 0 Å². The van der Waals surface area contributed by atoms with E-state index in [9.17, 15) is 4.79 Å². The number of hydrogen-bond donors (Lipinski definition) is 1. The van der Waals surface area contributed by atoms with Gasteiger partial charge in [0.05, 0.1) is 0 Å². The van der Waals surface area contributed by atoms with Gasteiger partial charge in [-0.3, -0.25) is 4.79 Å². The van der Waals surface area contributed by atoms with Crippen LogP contribution in [0.4, 0.5) is 0 Å². The summed E-state index contributed by atoms with van der Waals surface area (Å²) in [6.07, 6.45) is 4.41. The molecule has 0 aromatic heterocycles. The minimum atomic E-state index is 0.128. The average molecular weight is 244 g/mol. The highest BCUT2D eigenvalue weighted by atomic mass is 16.2. The molecule has 2 N–H and O–H groups in total. The SMILES string of the molecule is CC1C(N)CCN1C(=O)c1ccc2c(c1)CCC2. The minimum Gasteiger partial charge on any atom is -0.334 e. The molecule has 0 bridgehead atoms. The van der Waals surface area contributed by atoms with Gasteiger partial charge in [-0.25, -0.2) is 0 Å². The molecule has 1 heterocycles. The van der Waals surface area contributed by atoms with Gasteiger partial charge in [0.2, 0.25) is 0 Å². The van der Waals surface area contributed by atoms with Crippen LogP contribution >= 0.6 is 0 Å². The lowest BCUT2D eigenvalue weighted by atomic mass is 10.1. The number of nitrogens with two attached hydrogens (primary N) is 1. The second kappa shape index (κ2) is 4.39. The van der Waals surface area contributed by atoms with E-state index < -0.39 is 0 Å².